The van der Waals surface area contributed by atoms with Gasteiger partial charge in [-0.15, -0.1) is 0 Å². The molecule has 170 valence electrons. The van der Waals surface area contributed by atoms with Crippen molar-refractivity contribution in [2.45, 2.75) is 84.5 Å². The van der Waals surface area contributed by atoms with Crippen molar-refractivity contribution in [1.82, 2.24) is 0 Å². The van der Waals surface area contributed by atoms with Crippen LogP contribution in [0.2, 0.25) is 0 Å². The van der Waals surface area contributed by atoms with E-state index in [1.807, 2.05) is 26.8 Å². The van der Waals surface area contributed by atoms with E-state index in [0.29, 0.717) is 30.4 Å². The van der Waals surface area contributed by atoms with E-state index in [1.165, 1.54) is 6.92 Å². The summed E-state index contributed by atoms with van der Waals surface area (Å²) in [6, 6.07) is 0. The van der Waals surface area contributed by atoms with Gasteiger partial charge in [0.1, 0.15) is 11.4 Å². The predicted octanol–water partition coefficient (Wildman–Crippen LogP) is 3.51. The standard InChI is InChI=1S/C24H32O7/c1-13(2)17-11-19(26)31-23(6)10-9-15(4)22-24(28,12-20(27)30-22)21(29-16(5)25)14(3)7-8-18(17)23/h7,11,13,18,21,28H,8-10,12H2,1-6H3/b14-7-,22-15+/t18-,21-,23+,24+/m1/s1. The highest BCUT2D eigenvalue weighted by molar-refractivity contribution is 5.84. The lowest BCUT2D eigenvalue weighted by Crippen LogP contribution is -2.45. The third-order valence-corrected chi connectivity index (χ3v) is 6.64. The van der Waals surface area contributed by atoms with Crippen LogP contribution in [0, 0.1) is 11.8 Å². The zero-order chi connectivity index (χ0) is 23.1. The first kappa shape index (κ1) is 23.3. The smallest absolute Gasteiger partial charge is 0.331 e. The van der Waals surface area contributed by atoms with Gasteiger partial charge in [-0.25, -0.2) is 4.79 Å². The SMILES string of the molecule is CC(=O)O[C@@H]1/C(C)=C\C[C@@H]2C(C(C)C)=CC(=O)O[C@@]2(C)CC/C(C)=C2/OC(=O)C[C@@]21O. The van der Waals surface area contributed by atoms with Crippen LogP contribution in [0.3, 0.4) is 0 Å². The topological polar surface area (TPSA) is 99.1 Å². The first-order valence-corrected chi connectivity index (χ1v) is 10.8. The largest absolute Gasteiger partial charge is 0.456 e. The Morgan fingerprint density at radius 1 is 1.29 bits per heavy atom. The highest BCUT2D eigenvalue weighted by atomic mass is 16.6. The third kappa shape index (κ3) is 4.33. The minimum Gasteiger partial charge on any atom is -0.456 e. The summed E-state index contributed by atoms with van der Waals surface area (Å²) in [5, 5.41) is 11.5. The Kier molecular flexibility index (Phi) is 6.20. The van der Waals surface area contributed by atoms with Gasteiger partial charge < -0.3 is 19.3 Å². The van der Waals surface area contributed by atoms with E-state index in [1.54, 1.807) is 19.9 Å². The number of ether oxygens (including phenoxy) is 3. The minimum atomic E-state index is -1.77. The lowest BCUT2D eigenvalue weighted by molar-refractivity contribution is -0.160. The van der Waals surface area contributed by atoms with Gasteiger partial charge in [0.2, 0.25) is 0 Å². The molecule has 1 saturated heterocycles. The van der Waals surface area contributed by atoms with E-state index in [2.05, 4.69) is 0 Å². The monoisotopic (exact) mass is 432 g/mol. The number of rotatable bonds is 2. The molecule has 0 saturated carbocycles. The number of fused-ring (bicyclic) bond motifs is 2. The number of hydrogen-bond acceptors (Lipinski definition) is 7. The Hall–Kier alpha value is -2.41. The quantitative estimate of drug-likeness (QED) is 0.405. The second kappa shape index (κ2) is 8.26. The van der Waals surface area contributed by atoms with Crippen molar-refractivity contribution in [2.75, 3.05) is 0 Å². The fraction of sp³-hybridized carbons (Fsp3) is 0.625. The fourth-order valence-corrected chi connectivity index (χ4v) is 5.00. The molecule has 0 unspecified atom stereocenters. The molecule has 0 amide bonds. The highest BCUT2D eigenvalue weighted by Crippen LogP contribution is 2.46. The Labute approximate surface area is 183 Å². The molecule has 31 heavy (non-hydrogen) atoms. The molecule has 3 aliphatic rings. The highest BCUT2D eigenvalue weighted by Gasteiger charge is 2.54. The second-order valence-corrected chi connectivity index (χ2v) is 9.44. The van der Waals surface area contributed by atoms with Crippen LogP contribution in [0.1, 0.15) is 67.2 Å². The van der Waals surface area contributed by atoms with Gasteiger partial charge in [-0.05, 0) is 57.1 Å². The van der Waals surface area contributed by atoms with Crippen molar-refractivity contribution < 1.29 is 33.7 Å². The van der Waals surface area contributed by atoms with Gasteiger partial charge in [-0.3, -0.25) is 9.59 Å². The summed E-state index contributed by atoms with van der Waals surface area (Å²) >= 11 is 0. The number of carbonyl (C=O) groups is 3. The van der Waals surface area contributed by atoms with Gasteiger partial charge in [0.05, 0.1) is 6.42 Å². The molecule has 0 bridgehead atoms. The average molecular weight is 433 g/mol. The van der Waals surface area contributed by atoms with Crippen molar-refractivity contribution in [3.8, 4) is 0 Å². The Bertz CT molecular complexity index is 894. The number of esters is 3. The molecule has 1 N–H and O–H groups in total. The van der Waals surface area contributed by atoms with Crippen LogP contribution in [0.15, 0.2) is 34.6 Å². The van der Waals surface area contributed by atoms with Gasteiger partial charge in [0.15, 0.2) is 11.7 Å². The normalized spacial score (nSPS) is 38.1. The molecular formula is C24H32O7. The Balaban J connectivity index is 2.16. The molecule has 0 aromatic heterocycles. The lowest BCUT2D eigenvalue weighted by atomic mass is 9.72. The van der Waals surface area contributed by atoms with Crippen molar-refractivity contribution in [3.63, 3.8) is 0 Å². The first-order valence-electron chi connectivity index (χ1n) is 10.8. The van der Waals surface area contributed by atoms with E-state index in [9.17, 15) is 19.5 Å². The second-order valence-electron chi connectivity index (χ2n) is 9.44. The first-order chi connectivity index (χ1) is 14.4. The van der Waals surface area contributed by atoms with Crippen molar-refractivity contribution in [3.05, 3.63) is 34.6 Å². The summed E-state index contributed by atoms with van der Waals surface area (Å²) < 4.78 is 16.8. The molecule has 0 radical (unpaired) electrons. The predicted molar refractivity (Wildman–Crippen MR) is 112 cm³/mol. The molecule has 0 aromatic carbocycles. The molecule has 7 heteroatoms. The van der Waals surface area contributed by atoms with Crippen LogP contribution in [-0.4, -0.2) is 40.3 Å². The van der Waals surface area contributed by atoms with E-state index in [0.717, 1.165) is 5.57 Å². The maximum atomic E-state index is 12.4. The van der Waals surface area contributed by atoms with Crippen LogP contribution >= 0.6 is 0 Å². The van der Waals surface area contributed by atoms with E-state index < -0.39 is 29.2 Å². The van der Waals surface area contributed by atoms with Gasteiger partial charge >= 0.3 is 17.9 Å². The minimum absolute atomic E-state index is 0.0638. The van der Waals surface area contributed by atoms with Crippen LogP contribution in [0.25, 0.3) is 0 Å². The summed E-state index contributed by atoms with van der Waals surface area (Å²) in [6.07, 6.45) is 3.63. The zero-order valence-electron chi connectivity index (χ0n) is 19.1. The average Bonchev–Trinajstić information content (AvgIpc) is 2.96. The number of hydrogen-bond donors (Lipinski definition) is 1. The number of carbonyl (C=O) groups excluding carboxylic acids is 3. The van der Waals surface area contributed by atoms with Crippen molar-refractivity contribution >= 4 is 17.9 Å². The van der Waals surface area contributed by atoms with Gasteiger partial charge in [-0.2, -0.15) is 0 Å². The summed E-state index contributed by atoms with van der Waals surface area (Å²) in [5.74, 6) is -1.27. The summed E-state index contributed by atoms with van der Waals surface area (Å²) in [4.78, 5) is 36.4. The maximum absolute atomic E-state index is 12.4. The third-order valence-electron chi connectivity index (χ3n) is 6.64. The zero-order valence-corrected chi connectivity index (χ0v) is 19.1. The summed E-state index contributed by atoms with van der Waals surface area (Å²) in [6.45, 7) is 10.8. The van der Waals surface area contributed by atoms with Crippen LogP contribution in [-0.2, 0) is 28.6 Å². The van der Waals surface area contributed by atoms with Crippen LogP contribution in [0.4, 0.5) is 0 Å². The molecule has 1 fully saturated rings. The number of allylic oxidation sites excluding steroid dienone is 2. The lowest BCUT2D eigenvalue weighted by Gasteiger charge is -2.42. The van der Waals surface area contributed by atoms with E-state index in [-0.39, 0.29) is 30.0 Å². The fourth-order valence-electron chi connectivity index (χ4n) is 5.00. The molecule has 2 heterocycles. The van der Waals surface area contributed by atoms with Crippen LogP contribution in [0.5, 0.6) is 0 Å². The molecule has 2 aliphatic heterocycles. The maximum Gasteiger partial charge on any atom is 0.331 e. The van der Waals surface area contributed by atoms with Gasteiger partial charge in [0.25, 0.3) is 0 Å². The van der Waals surface area contributed by atoms with Gasteiger partial charge in [0, 0.05) is 18.9 Å². The molecule has 0 aromatic rings. The molecule has 3 rings (SSSR count). The van der Waals surface area contributed by atoms with E-state index >= 15 is 0 Å². The molecule has 1 aliphatic carbocycles. The van der Waals surface area contributed by atoms with Gasteiger partial charge in [-0.1, -0.05) is 25.5 Å². The van der Waals surface area contributed by atoms with Crippen LogP contribution < -0.4 is 0 Å². The van der Waals surface area contributed by atoms with Crippen molar-refractivity contribution in [2.24, 2.45) is 11.8 Å². The molecule has 0 spiro atoms. The molecule has 4 atom stereocenters. The summed E-state index contributed by atoms with van der Waals surface area (Å²) in [5.41, 5.74) is -0.229. The Morgan fingerprint density at radius 2 is 1.97 bits per heavy atom. The summed E-state index contributed by atoms with van der Waals surface area (Å²) in [7, 11) is 0. The number of aliphatic hydroxyl groups is 1. The molecular weight excluding hydrogens is 400 g/mol. The Morgan fingerprint density at radius 3 is 2.58 bits per heavy atom. The van der Waals surface area contributed by atoms with E-state index in [4.69, 9.17) is 14.2 Å². The molecule has 7 nitrogen and oxygen atoms in total. The van der Waals surface area contributed by atoms with Crippen molar-refractivity contribution in [1.29, 1.82) is 0 Å².